The average molecular weight is 238 g/mol. The molecule has 2 N–H and O–H groups in total. The molecule has 1 aromatic heterocycles. The van der Waals surface area contributed by atoms with Gasteiger partial charge in [0.25, 0.3) is 0 Å². The van der Waals surface area contributed by atoms with E-state index in [4.69, 9.17) is 0 Å². The van der Waals surface area contributed by atoms with E-state index in [1.165, 1.54) is 0 Å². The molecular weight excluding hydrogens is 216 g/mol. The van der Waals surface area contributed by atoms with Gasteiger partial charge in [-0.2, -0.15) is 0 Å². The van der Waals surface area contributed by atoms with Gasteiger partial charge in [-0.1, -0.05) is 6.92 Å². The van der Waals surface area contributed by atoms with Gasteiger partial charge in [0, 0.05) is 13.6 Å². The summed E-state index contributed by atoms with van der Waals surface area (Å²) in [6, 6.07) is 3.73. The lowest BCUT2D eigenvalue weighted by atomic mass is 10.1. The molecule has 0 radical (unpaired) electrons. The molecule has 0 fully saturated rings. The van der Waals surface area contributed by atoms with Gasteiger partial charge in [-0.25, -0.2) is 0 Å². The lowest BCUT2D eigenvalue weighted by Crippen LogP contribution is -2.36. The highest BCUT2D eigenvalue weighted by Crippen LogP contribution is 2.18. The normalized spacial score (nSPS) is 13.5. The molecule has 1 heterocycles. The molecule has 0 aliphatic carbocycles. The summed E-state index contributed by atoms with van der Waals surface area (Å²) in [6.07, 6.45) is 1.88. The van der Waals surface area contributed by atoms with Crippen molar-refractivity contribution in [3.63, 3.8) is 0 Å². The molecule has 4 nitrogen and oxygen atoms in total. The first-order valence-corrected chi connectivity index (χ1v) is 5.91. The van der Waals surface area contributed by atoms with E-state index in [1.54, 1.807) is 20.0 Å². The monoisotopic (exact) mass is 238 g/mol. The number of hydrogen-bond donors (Lipinski definition) is 2. The number of hydrogen-bond acceptors (Lipinski definition) is 4. The van der Waals surface area contributed by atoms with Crippen molar-refractivity contribution in [2.24, 2.45) is 0 Å². The van der Waals surface area contributed by atoms with Gasteiger partial charge in [0.05, 0.1) is 29.3 Å². The number of nitrogens with zero attached hydrogens (tertiary/aromatic N) is 2. The van der Waals surface area contributed by atoms with Crippen molar-refractivity contribution in [1.82, 2.24) is 4.98 Å². The summed E-state index contributed by atoms with van der Waals surface area (Å²) < 4.78 is 0. The SMILES string of the molecule is CC[C@@H](O)c1ccc(N(C)CC(C)(C)O)cn1. The Morgan fingerprint density at radius 2 is 2.06 bits per heavy atom. The average Bonchev–Trinajstić information content (AvgIpc) is 2.26. The smallest absolute Gasteiger partial charge is 0.0957 e. The Morgan fingerprint density at radius 3 is 2.47 bits per heavy atom. The van der Waals surface area contributed by atoms with Crippen LogP contribution in [0.5, 0.6) is 0 Å². The molecule has 0 unspecified atom stereocenters. The second-order valence-electron chi connectivity index (χ2n) is 5.03. The van der Waals surface area contributed by atoms with Crippen LogP contribution < -0.4 is 4.90 Å². The minimum atomic E-state index is -0.740. The van der Waals surface area contributed by atoms with Crippen LogP contribution in [0.2, 0.25) is 0 Å². The zero-order chi connectivity index (χ0) is 13.1. The van der Waals surface area contributed by atoms with E-state index in [0.29, 0.717) is 18.7 Å². The summed E-state index contributed by atoms with van der Waals surface area (Å²) >= 11 is 0. The Bertz CT molecular complexity index is 343. The fourth-order valence-electron chi connectivity index (χ4n) is 1.70. The maximum atomic E-state index is 9.73. The predicted octanol–water partition coefficient (Wildman–Crippen LogP) is 1.73. The summed E-state index contributed by atoms with van der Waals surface area (Å²) in [5, 5.41) is 19.4. The predicted molar refractivity (Wildman–Crippen MR) is 69.1 cm³/mol. The van der Waals surface area contributed by atoms with E-state index < -0.39 is 11.7 Å². The van der Waals surface area contributed by atoms with E-state index in [2.05, 4.69) is 4.98 Å². The van der Waals surface area contributed by atoms with Crippen molar-refractivity contribution < 1.29 is 10.2 Å². The number of aliphatic hydroxyl groups excluding tert-OH is 1. The second kappa shape index (κ2) is 5.47. The Balaban J connectivity index is 2.74. The van der Waals surface area contributed by atoms with Crippen molar-refractivity contribution in [3.05, 3.63) is 24.0 Å². The molecule has 0 aromatic carbocycles. The van der Waals surface area contributed by atoms with Crippen LogP contribution in [0.1, 0.15) is 39.0 Å². The van der Waals surface area contributed by atoms with Gasteiger partial charge >= 0.3 is 0 Å². The third kappa shape index (κ3) is 4.32. The van der Waals surface area contributed by atoms with Crippen LogP contribution in [0.4, 0.5) is 5.69 Å². The molecule has 96 valence electrons. The third-order valence-electron chi connectivity index (χ3n) is 2.56. The topological polar surface area (TPSA) is 56.6 Å². The lowest BCUT2D eigenvalue weighted by Gasteiger charge is -2.27. The first-order chi connectivity index (χ1) is 7.83. The van der Waals surface area contributed by atoms with Gasteiger partial charge in [0.1, 0.15) is 0 Å². The van der Waals surface area contributed by atoms with Crippen LogP contribution in [0, 0.1) is 0 Å². The van der Waals surface area contributed by atoms with E-state index in [0.717, 1.165) is 5.69 Å². The molecule has 0 aliphatic rings. The van der Waals surface area contributed by atoms with Crippen LogP contribution >= 0.6 is 0 Å². The van der Waals surface area contributed by atoms with Crippen molar-refractivity contribution in [2.75, 3.05) is 18.5 Å². The Kier molecular flexibility index (Phi) is 4.48. The van der Waals surface area contributed by atoms with Crippen molar-refractivity contribution in [2.45, 2.75) is 38.9 Å². The highest BCUT2D eigenvalue weighted by molar-refractivity contribution is 5.44. The molecular formula is C13H22N2O2. The van der Waals surface area contributed by atoms with E-state index in [-0.39, 0.29) is 0 Å². The Hall–Kier alpha value is -1.13. The number of aliphatic hydroxyl groups is 2. The zero-order valence-electron chi connectivity index (χ0n) is 11.0. The minimum Gasteiger partial charge on any atom is -0.389 e. The van der Waals surface area contributed by atoms with Crippen LogP contribution in [0.25, 0.3) is 0 Å². The molecule has 0 amide bonds. The van der Waals surface area contributed by atoms with Gasteiger partial charge in [-0.3, -0.25) is 4.98 Å². The molecule has 17 heavy (non-hydrogen) atoms. The number of likely N-dealkylation sites (N-methyl/N-ethyl adjacent to an activating group) is 1. The highest BCUT2D eigenvalue weighted by Gasteiger charge is 2.16. The van der Waals surface area contributed by atoms with Gasteiger partial charge in [-0.05, 0) is 32.4 Å². The quantitative estimate of drug-likeness (QED) is 0.820. The van der Waals surface area contributed by atoms with Crippen LogP contribution in [-0.4, -0.2) is 34.4 Å². The molecule has 1 aromatic rings. The van der Waals surface area contributed by atoms with Gasteiger partial charge in [-0.15, -0.1) is 0 Å². The molecule has 0 bridgehead atoms. The number of aromatic nitrogens is 1. The summed E-state index contributed by atoms with van der Waals surface area (Å²) in [4.78, 5) is 6.17. The van der Waals surface area contributed by atoms with E-state index in [1.807, 2.05) is 31.0 Å². The number of rotatable bonds is 5. The van der Waals surface area contributed by atoms with E-state index >= 15 is 0 Å². The van der Waals surface area contributed by atoms with E-state index in [9.17, 15) is 10.2 Å². The first-order valence-electron chi connectivity index (χ1n) is 5.91. The first kappa shape index (κ1) is 13.9. The molecule has 0 saturated carbocycles. The summed E-state index contributed by atoms with van der Waals surface area (Å²) in [5.74, 6) is 0. The number of pyridine rings is 1. The van der Waals surface area contributed by atoms with Crippen molar-refractivity contribution >= 4 is 5.69 Å². The number of anilines is 1. The molecule has 1 atom stereocenters. The molecule has 0 saturated heterocycles. The van der Waals surface area contributed by atoms with Crippen LogP contribution in [-0.2, 0) is 0 Å². The summed E-state index contributed by atoms with van der Waals surface area (Å²) in [7, 11) is 1.91. The Labute approximate surface area is 103 Å². The van der Waals surface area contributed by atoms with Crippen LogP contribution in [0.15, 0.2) is 18.3 Å². The fourth-order valence-corrected chi connectivity index (χ4v) is 1.70. The fraction of sp³-hybridized carbons (Fsp3) is 0.615. The lowest BCUT2D eigenvalue weighted by molar-refractivity contribution is 0.0886. The summed E-state index contributed by atoms with van der Waals surface area (Å²) in [6.45, 7) is 5.99. The highest BCUT2D eigenvalue weighted by atomic mass is 16.3. The minimum absolute atomic E-state index is 0.497. The summed E-state index contributed by atoms with van der Waals surface area (Å²) in [5.41, 5.74) is 0.878. The van der Waals surface area contributed by atoms with Crippen molar-refractivity contribution in [3.8, 4) is 0 Å². The molecule has 4 heteroatoms. The van der Waals surface area contributed by atoms with Crippen molar-refractivity contribution in [1.29, 1.82) is 0 Å². The molecule has 0 aliphatic heterocycles. The van der Waals surface area contributed by atoms with Gasteiger partial charge in [0.2, 0.25) is 0 Å². The standard InChI is InChI=1S/C13H22N2O2/c1-5-12(16)11-7-6-10(8-14-11)15(4)9-13(2,3)17/h6-8,12,16-17H,5,9H2,1-4H3/t12-/m1/s1. The third-order valence-corrected chi connectivity index (χ3v) is 2.56. The van der Waals surface area contributed by atoms with Gasteiger partial charge < -0.3 is 15.1 Å². The molecule has 1 rings (SSSR count). The molecule has 0 spiro atoms. The zero-order valence-corrected chi connectivity index (χ0v) is 11.0. The maximum Gasteiger partial charge on any atom is 0.0957 e. The van der Waals surface area contributed by atoms with Crippen LogP contribution in [0.3, 0.4) is 0 Å². The van der Waals surface area contributed by atoms with Gasteiger partial charge in [0.15, 0.2) is 0 Å². The largest absolute Gasteiger partial charge is 0.389 e. The maximum absolute atomic E-state index is 9.73. The second-order valence-corrected chi connectivity index (χ2v) is 5.03. The Morgan fingerprint density at radius 1 is 1.41 bits per heavy atom.